The zero-order valence-corrected chi connectivity index (χ0v) is 25.3. The molecular weight excluding hydrogens is 528 g/mol. The third-order valence-electron chi connectivity index (χ3n) is 8.87. The minimum absolute atomic E-state index is 0.0241. The van der Waals surface area contributed by atoms with Crippen LogP contribution in [0.4, 0.5) is 5.82 Å². The van der Waals surface area contributed by atoms with Gasteiger partial charge in [-0.15, -0.1) is 0 Å². The number of amides is 2. The van der Waals surface area contributed by atoms with Crippen LogP contribution >= 0.6 is 0 Å². The van der Waals surface area contributed by atoms with Crippen molar-refractivity contribution in [2.45, 2.75) is 51.2 Å². The van der Waals surface area contributed by atoms with E-state index in [9.17, 15) is 9.59 Å². The summed E-state index contributed by atoms with van der Waals surface area (Å²) in [5.74, 6) is 2.68. The van der Waals surface area contributed by atoms with Gasteiger partial charge < -0.3 is 35.3 Å². The molecule has 1 saturated heterocycles. The number of fused-ring (bicyclic) bond motifs is 2. The van der Waals surface area contributed by atoms with E-state index in [2.05, 4.69) is 51.1 Å². The molecule has 10 heteroatoms. The van der Waals surface area contributed by atoms with Crippen LogP contribution in [-0.4, -0.2) is 88.1 Å². The topological polar surface area (TPSA) is 113 Å². The SMILES string of the molecule is CN(C)C/C=C/C(=O)N[C@@H]1C[C@H](N)CN(C(=O)C2(C)C=c3nc(-c4cc5c(n4CC4CC4)NCC=C5)n(C)c3=CC2)C1. The van der Waals surface area contributed by atoms with Crippen LogP contribution in [0.25, 0.3) is 29.7 Å². The number of nitrogens with zero attached hydrogens (tertiary/aromatic N) is 5. The zero-order chi connectivity index (χ0) is 29.6. The van der Waals surface area contributed by atoms with Gasteiger partial charge in [-0.1, -0.05) is 24.3 Å². The summed E-state index contributed by atoms with van der Waals surface area (Å²) in [7, 11) is 5.97. The molecule has 0 radical (unpaired) electrons. The second kappa shape index (κ2) is 11.2. The first kappa shape index (κ1) is 28.5. The smallest absolute Gasteiger partial charge is 0.243 e. The fourth-order valence-electron chi connectivity index (χ4n) is 6.49. The summed E-state index contributed by atoms with van der Waals surface area (Å²) in [5, 5.41) is 8.49. The van der Waals surface area contributed by atoms with Gasteiger partial charge in [-0.3, -0.25) is 9.59 Å². The number of carbonyl (C=O) groups excluding carboxylic acids is 2. The van der Waals surface area contributed by atoms with Gasteiger partial charge in [-0.2, -0.15) is 0 Å². The zero-order valence-electron chi connectivity index (χ0n) is 25.3. The number of piperidine rings is 1. The number of hydrogen-bond acceptors (Lipinski definition) is 6. The highest BCUT2D eigenvalue weighted by Crippen LogP contribution is 2.37. The summed E-state index contributed by atoms with van der Waals surface area (Å²) < 4.78 is 4.56. The Morgan fingerprint density at radius 3 is 2.86 bits per heavy atom. The number of nitrogens with two attached hydrogens (primary N) is 1. The molecule has 224 valence electrons. The lowest BCUT2D eigenvalue weighted by molar-refractivity contribution is -0.140. The molecule has 4 aliphatic rings. The van der Waals surface area contributed by atoms with Crippen molar-refractivity contribution < 1.29 is 9.59 Å². The van der Waals surface area contributed by atoms with Crippen molar-refractivity contribution in [3.8, 4) is 11.5 Å². The molecule has 6 rings (SSSR count). The largest absolute Gasteiger partial charge is 0.367 e. The molecule has 10 nitrogen and oxygen atoms in total. The van der Waals surface area contributed by atoms with Crippen molar-refractivity contribution >= 4 is 35.9 Å². The summed E-state index contributed by atoms with van der Waals surface area (Å²) in [6.07, 6.45) is 15.7. The molecular formula is C32H44N8O2. The van der Waals surface area contributed by atoms with Gasteiger partial charge in [0.1, 0.15) is 5.82 Å². The fourth-order valence-corrected chi connectivity index (χ4v) is 6.49. The molecule has 1 unspecified atom stereocenters. The second-order valence-corrected chi connectivity index (χ2v) is 13.0. The van der Waals surface area contributed by atoms with Crippen molar-refractivity contribution in [3.05, 3.63) is 40.6 Å². The fraction of sp³-hybridized carbons (Fsp3) is 0.531. The summed E-state index contributed by atoms with van der Waals surface area (Å²) in [5.41, 5.74) is 7.95. The first-order valence-corrected chi connectivity index (χ1v) is 15.2. The number of imidazole rings is 1. The van der Waals surface area contributed by atoms with E-state index in [1.807, 2.05) is 43.0 Å². The average molecular weight is 573 g/mol. The van der Waals surface area contributed by atoms with E-state index in [1.54, 1.807) is 6.08 Å². The molecule has 2 aromatic rings. The van der Waals surface area contributed by atoms with E-state index in [1.165, 1.54) is 24.2 Å². The van der Waals surface area contributed by atoms with Crippen LogP contribution < -0.4 is 27.1 Å². The average Bonchev–Trinajstić information content (AvgIpc) is 3.62. The maximum atomic E-state index is 14.0. The highest BCUT2D eigenvalue weighted by Gasteiger charge is 2.39. The van der Waals surface area contributed by atoms with E-state index in [-0.39, 0.29) is 23.9 Å². The number of likely N-dealkylation sites (N-methyl/N-ethyl adjacent to an activating group) is 1. The minimum atomic E-state index is -0.741. The molecule has 4 heterocycles. The first-order chi connectivity index (χ1) is 20.1. The number of rotatable bonds is 8. The Kier molecular flexibility index (Phi) is 7.61. The molecule has 2 aliphatic heterocycles. The summed E-state index contributed by atoms with van der Waals surface area (Å²) in [6, 6.07) is 1.85. The molecule has 0 aromatic carbocycles. The maximum absolute atomic E-state index is 14.0. The Hall–Kier alpha value is -3.63. The molecule has 4 N–H and O–H groups in total. The lowest BCUT2D eigenvalue weighted by Crippen LogP contribution is -2.58. The van der Waals surface area contributed by atoms with E-state index in [0.717, 1.165) is 41.2 Å². The van der Waals surface area contributed by atoms with Crippen LogP contribution in [0.2, 0.25) is 0 Å². The Labute approximate surface area is 247 Å². The van der Waals surface area contributed by atoms with Gasteiger partial charge in [-0.05, 0) is 64.8 Å². The molecule has 2 amide bonds. The minimum Gasteiger partial charge on any atom is -0.367 e. The van der Waals surface area contributed by atoms with Crippen molar-refractivity contribution in [1.82, 2.24) is 29.2 Å². The number of likely N-dealkylation sites (tertiary alicyclic amines) is 1. The number of aromatic nitrogens is 3. The van der Waals surface area contributed by atoms with Gasteiger partial charge in [0, 0.05) is 63.5 Å². The standard InChI is InChI=1S/C32H44N8O2/c1-32(31(42)39-19-23(33)16-24(20-39)35-28(41)8-6-14-37(2)3)12-11-26-25(17-32)36-30(38(26)4)27-15-22-7-5-13-34-29(22)40(27)18-21-9-10-21/h5-8,11,15,17,21,23-24,34H,9-10,12-14,16,18-20,33H2,1-4H3,(H,35,41)/b8-6+/t23-,24+,32?/m0/s1. The lowest BCUT2D eigenvalue weighted by atomic mass is 9.81. The molecule has 2 fully saturated rings. The van der Waals surface area contributed by atoms with Crippen LogP contribution in [0, 0.1) is 11.3 Å². The Morgan fingerprint density at radius 2 is 2.10 bits per heavy atom. The number of nitrogens with one attached hydrogen (secondary N) is 2. The highest BCUT2D eigenvalue weighted by molar-refractivity contribution is 5.90. The third kappa shape index (κ3) is 5.70. The monoisotopic (exact) mass is 572 g/mol. The summed E-state index contributed by atoms with van der Waals surface area (Å²) in [4.78, 5) is 35.4. The van der Waals surface area contributed by atoms with Gasteiger partial charge in [0.2, 0.25) is 11.8 Å². The van der Waals surface area contributed by atoms with Crippen LogP contribution in [0.15, 0.2) is 24.3 Å². The number of anilines is 1. The Bertz CT molecular complexity index is 1560. The third-order valence-corrected chi connectivity index (χ3v) is 8.87. The van der Waals surface area contributed by atoms with Crippen molar-refractivity contribution in [1.29, 1.82) is 0 Å². The summed E-state index contributed by atoms with van der Waals surface area (Å²) >= 11 is 0. The molecule has 0 spiro atoms. The van der Waals surface area contributed by atoms with Crippen molar-refractivity contribution in [2.24, 2.45) is 24.1 Å². The molecule has 3 atom stereocenters. The van der Waals surface area contributed by atoms with Crippen molar-refractivity contribution in [3.63, 3.8) is 0 Å². The van der Waals surface area contributed by atoms with Crippen molar-refractivity contribution in [2.75, 3.05) is 45.6 Å². The number of hydrogen-bond donors (Lipinski definition) is 3. The Balaban J connectivity index is 1.24. The quantitative estimate of drug-likeness (QED) is 0.405. The number of carbonyl (C=O) groups is 2. The van der Waals surface area contributed by atoms with E-state index < -0.39 is 5.41 Å². The predicted molar refractivity (Wildman–Crippen MR) is 167 cm³/mol. The van der Waals surface area contributed by atoms with E-state index in [4.69, 9.17) is 10.7 Å². The molecule has 2 aromatic heterocycles. The molecule has 0 bridgehead atoms. The van der Waals surface area contributed by atoms with Gasteiger partial charge in [0.25, 0.3) is 0 Å². The van der Waals surface area contributed by atoms with Gasteiger partial charge in [0.05, 0.1) is 21.8 Å². The molecule has 42 heavy (non-hydrogen) atoms. The van der Waals surface area contributed by atoms with Gasteiger partial charge in [-0.25, -0.2) is 4.98 Å². The van der Waals surface area contributed by atoms with Crippen LogP contribution in [0.1, 0.15) is 38.2 Å². The van der Waals surface area contributed by atoms with Crippen LogP contribution in [0.3, 0.4) is 0 Å². The van der Waals surface area contributed by atoms with Crippen LogP contribution in [0.5, 0.6) is 0 Å². The Morgan fingerprint density at radius 1 is 1.29 bits per heavy atom. The molecule has 1 saturated carbocycles. The predicted octanol–water partition coefficient (Wildman–Crippen LogP) is 0.871. The van der Waals surface area contributed by atoms with Gasteiger partial charge >= 0.3 is 0 Å². The molecule has 2 aliphatic carbocycles. The van der Waals surface area contributed by atoms with Crippen LogP contribution in [-0.2, 0) is 23.2 Å². The van der Waals surface area contributed by atoms with E-state index >= 15 is 0 Å². The summed E-state index contributed by atoms with van der Waals surface area (Å²) in [6.45, 7) is 5.43. The highest BCUT2D eigenvalue weighted by atomic mass is 16.2. The maximum Gasteiger partial charge on any atom is 0.243 e. The van der Waals surface area contributed by atoms with E-state index in [0.29, 0.717) is 32.5 Å². The second-order valence-electron chi connectivity index (χ2n) is 13.0. The first-order valence-electron chi connectivity index (χ1n) is 15.2. The normalized spacial score (nSPS) is 25.0. The van der Waals surface area contributed by atoms with Gasteiger partial charge in [0.15, 0.2) is 5.82 Å². The lowest BCUT2D eigenvalue weighted by Gasteiger charge is -2.40.